The van der Waals surface area contributed by atoms with Gasteiger partial charge < -0.3 is 9.84 Å². The number of carbonyl (C=O) groups is 1. The van der Waals surface area contributed by atoms with Gasteiger partial charge in [-0.15, -0.1) is 0 Å². The van der Waals surface area contributed by atoms with Crippen LogP contribution >= 0.6 is 11.6 Å². The molecule has 0 heterocycles. The Morgan fingerprint density at radius 2 is 2.19 bits per heavy atom. The molecule has 3 nitrogen and oxygen atoms in total. The molecule has 0 aliphatic rings. The molecule has 0 aromatic carbocycles. The second kappa shape index (κ2) is 8.13. The van der Waals surface area contributed by atoms with Crippen molar-refractivity contribution in [2.45, 2.75) is 19.8 Å². The molecule has 4 heteroatoms. The number of carboxylic acids is 1. The van der Waals surface area contributed by atoms with Crippen LogP contribution in [0.2, 0.25) is 0 Å². The van der Waals surface area contributed by atoms with Crippen LogP contribution in [0.4, 0.5) is 0 Å². The first kappa shape index (κ1) is 14.9. The largest absolute Gasteiger partial charge is 0.478 e. The number of allylic oxidation sites excluding steroid dienone is 3. The first-order valence-electron chi connectivity index (χ1n) is 4.94. The third-order valence-corrected chi connectivity index (χ3v) is 2.21. The normalized spacial score (nSPS) is 13.3. The Balaban J connectivity index is 4.72. The molecule has 0 aliphatic heterocycles. The number of aliphatic carboxylic acids is 1. The van der Waals surface area contributed by atoms with E-state index in [4.69, 9.17) is 21.4 Å². The van der Waals surface area contributed by atoms with Gasteiger partial charge in [0.15, 0.2) is 0 Å². The lowest BCUT2D eigenvalue weighted by molar-refractivity contribution is -0.132. The third kappa shape index (κ3) is 5.73. The number of methoxy groups -OCH3 is 1. The lowest BCUT2D eigenvalue weighted by Gasteiger charge is -2.03. The fourth-order valence-electron chi connectivity index (χ4n) is 1.15. The minimum absolute atomic E-state index is 0.106. The van der Waals surface area contributed by atoms with E-state index in [1.807, 2.05) is 0 Å². The van der Waals surface area contributed by atoms with Gasteiger partial charge in [-0.1, -0.05) is 24.3 Å². The van der Waals surface area contributed by atoms with E-state index in [-0.39, 0.29) is 10.6 Å². The maximum Gasteiger partial charge on any atom is 0.336 e. The van der Waals surface area contributed by atoms with Gasteiger partial charge in [0.25, 0.3) is 0 Å². The summed E-state index contributed by atoms with van der Waals surface area (Å²) in [5, 5.41) is 9.18. The van der Waals surface area contributed by atoms with Gasteiger partial charge in [0.2, 0.25) is 0 Å². The molecule has 0 aromatic rings. The van der Waals surface area contributed by atoms with E-state index in [1.165, 1.54) is 0 Å². The second-order valence-corrected chi connectivity index (χ2v) is 3.84. The summed E-state index contributed by atoms with van der Waals surface area (Å²) in [7, 11) is 1.63. The van der Waals surface area contributed by atoms with Crippen molar-refractivity contribution >= 4 is 17.6 Å². The van der Waals surface area contributed by atoms with Gasteiger partial charge in [0.05, 0.1) is 5.57 Å². The highest BCUT2D eigenvalue weighted by Gasteiger charge is 2.08. The van der Waals surface area contributed by atoms with E-state index >= 15 is 0 Å². The summed E-state index contributed by atoms with van der Waals surface area (Å²) in [6, 6.07) is 0. The molecule has 0 unspecified atom stereocenters. The molecular weight excluding hydrogens is 228 g/mol. The average Bonchev–Trinajstić information content (AvgIpc) is 2.22. The molecule has 0 spiro atoms. The minimum Gasteiger partial charge on any atom is -0.478 e. The predicted molar refractivity (Wildman–Crippen MR) is 65.6 cm³/mol. The van der Waals surface area contributed by atoms with Crippen molar-refractivity contribution in [1.82, 2.24) is 0 Å². The summed E-state index contributed by atoms with van der Waals surface area (Å²) in [5.41, 5.74) is 0.948. The van der Waals surface area contributed by atoms with E-state index in [2.05, 4.69) is 6.58 Å². The first-order chi connectivity index (χ1) is 7.52. The van der Waals surface area contributed by atoms with E-state index in [0.717, 1.165) is 18.4 Å². The van der Waals surface area contributed by atoms with Gasteiger partial charge in [-0.05, 0) is 31.4 Å². The van der Waals surface area contributed by atoms with E-state index in [9.17, 15) is 4.79 Å². The first-order valence-corrected chi connectivity index (χ1v) is 5.32. The van der Waals surface area contributed by atoms with Crippen LogP contribution in [0, 0.1) is 0 Å². The molecule has 0 saturated heterocycles. The number of ether oxygens (including phenoxy) is 1. The molecule has 0 saturated carbocycles. The molecule has 0 amide bonds. The van der Waals surface area contributed by atoms with Crippen molar-refractivity contribution in [3.8, 4) is 0 Å². The molecule has 1 N–H and O–H groups in total. The zero-order valence-electron chi connectivity index (χ0n) is 9.62. The Labute approximate surface area is 101 Å². The number of rotatable bonds is 7. The summed E-state index contributed by atoms with van der Waals surface area (Å²) in [4.78, 5) is 10.9. The zero-order valence-corrected chi connectivity index (χ0v) is 10.4. The Bertz CT molecular complexity index is 312. The Morgan fingerprint density at radius 3 is 2.56 bits per heavy atom. The second-order valence-electron chi connectivity index (χ2n) is 3.27. The molecule has 0 atom stereocenters. The van der Waals surface area contributed by atoms with Gasteiger partial charge in [-0.3, -0.25) is 0 Å². The number of hydrogen-bond acceptors (Lipinski definition) is 2. The Hall–Kier alpha value is -1.06. The molecule has 0 radical (unpaired) electrons. The lowest BCUT2D eigenvalue weighted by Crippen LogP contribution is -2.00. The summed E-state index contributed by atoms with van der Waals surface area (Å²) in [6.07, 6.45) is 4.73. The van der Waals surface area contributed by atoms with Crippen LogP contribution in [-0.4, -0.2) is 24.8 Å². The van der Waals surface area contributed by atoms with Gasteiger partial charge >= 0.3 is 5.97 Å². The molecule has 0 fully saturated rings. The van der Waals surface area contributed by atoms with Gasteiger partial charge in [-0.25, -0.2) is 4.79 Å². The smallest absolute Gasteiger partial charge is 0.336 e. The van der Waals surface area contributed by atoms with Crippen LogP contribution < -0.4 is 0 Å². The average molecular weight is 245 g/mol. The standard InChI is InChI=1S/C12H17ClO3/c1-4-10(6-5-7-16-3)8-11(9(2)13)12(14)15/h4,8H,1,5-7H2,2-3H3,(H,14,15). The van der Waals surface area contributed by atoms with E-state index in [1.54, 1.807) is 26.2 Å². The number of halogens is 1. The van der Waals surface area contributed by atoms with Crippen molar-refractivity contribution < 1.29 is 14.6 Å². The van der Waals surface area contributed by atoms with Crippen LogP contribution in [-0.2, 0) is 9.53 Å². The van der Waals surface area contributed by atoms with Crippen LogP contribution in [0.3, 0.4) is 0 Å². The summed E-state index contributed by atoms with van der Waals surface area (Å²) in [5.74, 6) is -1.03. The van der Waals surface area contributed by atoms with Crippen LogP contribution in [0.1, 0.15) is 19.8 Å². The highest BCUT2D eigenvalue weighted by atomic mass is 35.5. The maximum absolute atomic E-state index is 10.9. The lowest BCUT2D eigenvalue weighted by atomic mass is 10.1. The fraction of sp³-hybridized carbons (Fsp3) is 0.417. The Morgan fingerprint density at radius 1 is 1.56 bits per heavy atom. The van der Waals surface area contributed by atoms with Crippen molar-refractivity contribution in [2.24, 2.45) is 0 Å². The van der Waals surface area contributed by atoms with Crippen molar-refractivity contribution in [1.29, 1.82) is 0 Å². The topological polar surface area (TPSA) is 46.5 Å². The molecule has 0 aliphatic carbocycles. The van der Waals surface area contributed by atoms with Crippen LogP contribution in [0.15, 0.2) is 34.9 Å². The molecule has 16 heavy (non-hydrogen) atoms. The highest BCUT2D eigenvalue weighted by molar-refractivity contribution is 6.31. The van der Waals surface area contributed by atoms with Gasteiger partial charge in [-0.2, -0.15) is 0 Å². The monoisotopic (exact) mass is 244 g/mol. The van der Waals surface area contributed by atoms with Gasteiger partial charge in [0, 0.05) is 18.7 Å². The summed E-state index contributed by atoms with van der Waals surface area (Å²) < 4.78 is 4.92. The van der Waals surface area contributed by atoms with Crippen molar-refractivity contribution in [3.63, 3.8) is 0 Å². The summed E-state index contributed by atoms with van der Waals surface area (Å²) >= 11 is 5.70. The number of hydrogen-bond donors (Lipinski definition) is 1. The van der Waals surface area contributed by atoms with E-state index < -0.39 is 5.97 Å². The SMILES string of the molecule is C=CC(=CC(C(=O)O)=C(C)Cl)CCCOC. The summed E-state index contributed by atoms with van der Waals surface area (Å²) in [6.45, 7) is 5.83. The van der Waals surface area contributed by atoms with Crippen LogP contribution in [0.5, 0.6) is 0 Å². The minimum atomic E-state index is -1.03. The molecule has 0 aromatic heterocycles. The number of carboxylic acid groups (broad SMARTS) is 1. The third-order valence-electron chi connectivity index (χ3n) is 2.01. The van der Waals surface area contributed by atoms with E-state index in [0.29, 0.717) is 6.61 Å². The van der Waals surface area contributed by atoms with Crippen LogP contribution in [0.25, 0.3) is 0 Å². The molecular formula is C12H17ClO3. The predicted octanol–water partition coefficient (Wildman–Crippen LogP) is 3.12. The zero-order chi connectivity index (χ0) is 12.6. The highest BCUT2D eigenvalue weighted by Crippen LogP contribution is 2.16. The quantitative estimate of drug-likeness (QED) is 0.425. The molecule has 90 valence electrons. The van der Waals surface area contributed by atoms with Gasteiger partial charge in [0.1, 0.15) is 0 Å². The fourth-order valence-corrected chi connectivity index (χ4v) is 1.28. The maximum atomic E-state index is 10.9. The van der Waals surface area contributed by atoms with Crippen molar-refractivity contribution in [3.05, 3.63) is 34.9 Å². The van der Waals surface area contributed by atoms with Crippen molar-refractivity contribution in [2.75, 3.05) is 13.7 Å². The molecule has 0 rings (SSSR count). The Kier molecular flexibility index (Phi) is 7.60. The molecule has 0 bridgehead atoms.